The maximum atomic E-state index is 6.22. The Balaban J connectivity index is 1.67. The molecule has 2 nitrogen and oxygen atoms in total. The molecule has 0 spiro atoms. The average molecular weight is 244 g/mol. The zero-order chi connectivity index (χ0) is 12.5. The van der Waals surface area contributed by atoms with Crippen LogP contribution in [0.2, 0.25) is 0 Å². The van der Waals surface area contributed by atoms with Gasteiger partial charge >= 0.3 is 0 Å². The number of rotatable bonds is 4. The molecule has 2 aliphatic rings. The van der Waals surface area contributed by atoms with Crippen molar-refractivity contribution in [1.29, 1.82) is 0 Å². The Hall–Kier alpha value is -1.02. The molecule has 0 aromatic heterocycles. The van der Waals surface area contributed by atoms with E-state index in [-0.39, 0.29) is 0 Å². The first-order valence-corrected chi connectivity index (χ1v) is 7.32. The molecule has 18 heavy (non-hydrogen) atoms. The Labute approximate surface area is 110 Å². The van der Waals surface area contributed by atoms with Gasteiger partial charge in [0.1, 0.15) is 0 Å². The van der Waals surface area contributed by atoms with Gasteiger partial charge in [0.25, 0.3) is 0 Å². The number of nitrogens with zero attached hydrogens (tertiary/aromatic N) is 1. The van der Waals surface area contributed by atoms with E-state index in [0.717, 1.165) is 24.8 Å². The molecule has 1 saturated carbocycles. The molecule has 0 saturated heterocycles. The van der Waals surface area contributed by atoms with Crippen molar-refractivity contribution < 1.29 is 0 Å². The smallest absolute Gasteiger partial charge is 0.0398 e. The van der Waals surface area contributed by atoms with Crippen molar-refractivity contribution in [2.75, 3.05) is 18.0 Å². The van der Waals surface area contributed by atoms with Crippen LogP contribution in [-0.2, 0) is 6.42 Å². The molecule has 1 aliphatic carbocycles. The Morgan fingerprint density at radius 1 is 1.33 bits per heavy atom. The molecule has 1 aliphatic heterocycles. The van der Waals surface area contributed by atoms with Gasteiger partial charge in [0.15, 0.2) is 0 Å². The van der Waals surface area contributed by atoms with Crippen molar-refractivity contribution in [1.82, 2.24) is 0 Å². The third-order valence-corrected chi connectivity index (χ3v) is 4.39. The standard InChI is InChI=1S/C16H24N2/c1-12-10-14-4-2-3-5-16(14)18(11-12)9-8-15(17)13-6-7-13/h2-5,12-13,15H,6-11,17H2,1H3. The first-order chi connectivity index (χ1) is 8.74. The zero-order valence-corrected chi connectivity index (χ0v) is 11.3. The molecule has 0 amide bonds. The van der Waals surface area contributed by atoms with Crippen LogP contribution < -0.4 is 10.6 Å². The lowest BCUT2D eigenvalue weighted by atomic mass is 9.93. The van der Waals surface area contributed by atoms with E-state index in [0.29, 0.717) is 6.04 Å². The first-order valence-electron chi connectivity index (χ1n) is 7.32. The summed E-state index contributed by atoms with van der Waals surface area (Å²) in [5.74, 6) is 1.58. The van der Waals surface area contributed by atoms with Crippen LogP contribution >= 0.6 is 0 Å². The number of benzene rings is 1. The Kier molecular flexibility index (Phi) is 3.29. The fourth-order valence-corrected chi connectivity index (χ4v) is 3.18. The number of fused-ring (bicyclic) bond motifs is 1. The van der Waals surface area contributed by atoms with Crippen LogP contribution in [0.25, 0.3) is 0 Å². The summed E-state index contributed by atoms with van der Waals surface area (Å²) in [6.45, 7) is 4.66. The summed E-state index contributed by atoms with van der Waals surface area (Å²) < 4.78 is 0. The molecule has 2 heteroatoms. The van der Waals surface area contributed by atoms with Crippen LogP contribution in [0.15, 0.2) is 24.3 Å². The lowest BCUT2D eigenvalue weighted by molar-refractivity contribution is 0.494. The summed E-state index contributed by atoms with van der Waals surface area (Å²) in [6, 6.07) is 9.28. The van der Waals surface area contributed by atoms with Crippen LogP contribution in [0, 0.1) is 11.8 Å². The van der Waals surface area contributed by atoms with Crippen molar-refractivity contribution in [2.24, 2.45) is 17.6 Å². The minimum Gasteiger partial charge on any atom is -0.371 e. The highest BCUT2D eigenvalue weighted by atomic mass is 15.1. The van der Waals surface area contributed by atoms with Gasteiger partial charge in [-0.2, -0.15) is 0 Å². The van der Waals surface area contributed by atoms with E-state index >= 15 is 0 Å². The fourth-order valence-electron chi connectivity index (χ4n) is 3.18. The number of nitrogens with two attached hydrogens (primary N) is 1. The number of para-hydroxylation sites is 1. The van der Waals surface area contributed by atoms with E-state index in [1.54, 1.807) is 0 Å². The monoisotopic (exact) mass is 244 g/mol. The molecule has 2 atom stereocenters. The minimum absolute atomic E-state index is 0.425. The quantitative estimate of drug-likeness (QED) is 0.882. The largest absolute Gasteiger partial charge is 0.371 e. The Morgan fingerprint density at radius 3 is 2.89 bits per heavy atom. The lowest BCUT2D eigenvalue weighted by Crippen LogP contribution is -2.37. The summed E-state index contributed by atoms with van der Waals surface area (Å²) >= 11 is 0. The molecule has 2 unspecified atom stereocenters. The maximum absolute atomic E-state index is 6.22. The molecule has 0 bridgehead atoms. The average Bonchev–Trinajstić information content (AvgIpc) is 3.19. The second-order valence-corrected chi connectivity index (χ2v) is 6.17. The highest BCUT2D eigenvalue weighted by Crippen LogP contribution is 2.34. The second-order valence-electron chi connectivity index (χ2n) is 6.17. The number of hydrogen-bond acceptors (Lipinski definition) is 2. The minimum atomic E-state index is 0.425. The topological polar surface area (TPSA) is 29.3 Å². The van der Waals surface area contributed by atoms with Crippen molar-refractivity contribution in [3.8, 4) is 0 Å². The van der Waals surface area contributed by atoms with Gasteiger partial charge in [-0.25, -0.2) is 0 Å². The van der Waals surface area contributed by atoms with Gasteiger partial charge in [-0.1, -0.05) is 25.1 Å². The third kappa shape index (κ3) is 2.54. The van der Waals surface area contributed by atoms with E-state index in [4.69, 9.17) is 5.73 Å². The van der Waals surface area contributed by atoms with Crippen LogP contribution in [0.1, 0.15) is 31.7 Å². The van der Waals surface area contributed by atoms with Crippen LogP contribution in [0.4, 0.5) is 5.69 Å². The molecular weight excluding hydrogens is 220 g/mol. The summed E-state index contributed by atoms with van der Waals surface area (Å²) in [7, 11) is 0. The summed E-state index contributed by atoms with van der Waals surface area (Å²) in [6.07, 6.45) is 5.08. The molecule has 1 aromatic rings. The van der Waals surface area contributed by atoms with E-state index in [1.807, 2.05) is 0 Å². The van der Waals surface area contributed by atoms with E-state index in [1.165, 1.54) is 37.1 Å². The molecule has 98 valence electrons. The predicted octanol–water partition coefficient (Wildman–Crippen LogP) is 2.81. The van der Waals surface area contributed by atoms with Gasteiger partial charge in [0, 0.05) is 24.8 Å². The Bertz CT molecular complexity index is 411. The van der Waals surface area contributed by atoms with Crippen molar-refractivity contribution in [3.05, 3.63) is 29.8 Å². The molecule has 0 radical (unpaired) electrons. The third-order valence-electron chi connectivity index (χ3n) is 4.39. The van der Waals surface area contributed by atoms with E-state index < -0.39 is 0 Å². The number of hydrogen-bond donors (Lipinski definition) is 1. The van der Waals surface area contributed by atoms with E-state index in [2.05, 4.69) is 36.1 Å². The SMILES string of the molecule is CC1Cc2ccccc2N(CCC(N)C2CC2)C1. The Morgan fingerprint density at radius 2 is 2.11 bits per heavy atom. The van der Waals surface area contributed by atoms with Gasteiger partial charge in [0.05, 0.1) is 0 Å². The van der Waals surface area contributed by atoms with Crippen LogP contribution in [0.5, 0.6) is 0 Å². The molecule has 1 aromatic carbocycles. The van der Waals surface area contributed by atoms with E-state index in [9.17, 15) is 0 Å². The predicted molar refractivity (Wildman–Crippen MR) is 76.8 cm³/mol. The summed E-state index contributed by atoms with van der Waals surface area (Å²) in [5, 5.41) is 0. The molecular formula is C16H24N2. The van der Waals surface area contributed by atoms with Crippen LogP contribution in [0.3, 0.4) is 0 Å². The maximum Gasteiger partial charge on any atom is 0.0398 e. The highest BCUT2D eigenvalue weighted by Gasteiger charge is 2.29. The van der Waals surface area contributed by atoms with Gasteiger partial charge in [0.2, 0.25) is 0 Å². The van der Waals surface area contributed by atoms with Crippen molar-refractivity contribution in [2.45, 2.75) is 38.6 Å². The van der Waals surface area contributed by atoms with Gasteiger partial charge in [-0.05, 0) is 49.1 Å². The number of anilines is 1. The molecule has 3 rings (SSSR count). The second kappa shape index (κ2) is 4.93. The van der Waals surface area contributed by atoms with Crippen molar-refractivity contribution in [3.63, 3.8) is 0 Å². The van der Waals surface area contributed by atoms with Gasteiger partial charge in [-0.3, -0.25) is 0 Å². The van der Waals surface area contributed by atoms with Crippen LogP contribution in [-0.4, -0.2) is 19.1 Å². The van der Waals surface area contributed by atoms with Gasteiger partial charge in [-0.15, -0.1) is 0 Å². The molecule has 1 heterocycles. The molecule has 1 fully saturated rings. The summed E-state index contributed by atoms with van der Waals surface area (Å²) in [5.41, 5.74) is 9.18. The fraction of sp³-hybridized carbons (Fsp3) is 0.625. The van der Waals surface area contributed by atoms with Gasteiger partial charge < -0.3 is 10.6 Å². The van der Waals surface area contributed by atoms with Crippen molar-refractivity contribution >= 4 is 5.69 Å². The summed E-state index contributed by atoms with van der Waals surface area (Å²) in [4.78, 5) is 2.55. The first kappa shape index (κ1) is 12.0. The molecule has 2 N–H and O–H groups in total. The zero-order valence-electron chi connectivity index (χ0n) is 11.3. The highest BCUT2D eigenvalue weighted by molar-refractivity contribution is 5.55. The normalized spacial score (nSPS) is 24.8. The lowest BCUT2D eigenvalue weighted by Gasteiger charge is -2.35.